The lowest BCUT2D eigenvalue weighted by Crippen LogP contribution is -2.56. The van der Waals surface area contributed by atoms with Gasteiger partial charge in [0.1, 0.15) is 5.54 Å². The fourth-order valence-corrected chi connectivity index (χ4v) is 3.63. The summed E-state index contributed by atoms with van der Waals surface area (Å²) in [6.07, 6.45) is 5.63. The first-order chi connectivity index (χ1) is 13.0. The van der Waals surface area contributed by atoms with Crippen LogP contribution >= 0.6 is 0 Å². The zero-order valence-electron chi connectivity index (χ0n) is 15.7. The molecule has 0 atom stereocenters. The third kappa shape index (κ3) is 3.82. The zero-order chi connectivity index (χ0) is 19.4. The van der Waals surface area contributed by atoms with Crippen molar-refractivity contribution in [3.05, 3.63) is 52.2 Å². The molecule has 1 aliphatic rings. The summed E-state index contributed by atoms with van der Waals surface area (Å²) in [6.45, 7) is 3.88. The van der Waals surface area contributed by atoms with Crippen molar-refractivity contribution in [2.24, 2.45) is 0 Å². The Morgan fingerprint density at radius 1 is 1.19 bits per heavy atom. The van der Waals surface area contributed by atoms with Crippen molar-refractivity contribution in [3.8, 4) is 5.69 Å². The van der Waals surface area contributed by atoms with Crippen LogP contribution in [0.2, 0.25) is 0 Å². The summed E-state index contributed by atoms with van der Waals surface area (Å²) in [5.74, 6) is -0.668. The molecule has 0 saturated heterocycles. The number of esters is 1. The predicted octanol–water partition coefficient (Wildman–Crippen LogP) is 2.47. The second-order valence-electron chi connectivity index (χ2n) is 6.93. The molecule has 1 aliphatic carbocycles. The quantitative estimate of drug-likeness (QED) is 0.790. The Bertz CT molecular complexity index is 873. The van der Waals surface area contributed by atoms with Gasteiger partial charge < -0.3 is 15.0 Å². The molecule has 1 fully saturated rings. The topological polar surface area (TPSA) is 93.2 Å². The van der Waals surface area contributed by atoms with Crippen LogP contribution in [0.4, 0.5) is 0 Å². The number of aromatic nitrogens is 2. The summed E-state index contributed by atoms with van der Waals surface area (Å²) in [5.41, 5.74) is 0.717. The summed E-state index contributed by atoms with van der Waals surface area (Å²) in [5, 5.41) is 2.92. The molecule has 1 aromatic carbocycles. The number of nitrogens with zero attached hydrogens (tertiary/aromatic N) is 1. The number of hydrogen-bond acceptors (Lipinski definition) is 4. The van der Waals surface area contributed by atoms with Crippen LogP contribution in [0.3, 0.4) is 0 Å². The molecule has 1 saturated carbocycles. The standard InChI is InChI=1S/C20H25N3O4/c1-3-27-18(25)20(11-5-4-6-12-20)22-17(24)15-7-9-16(10-8-15)23-14(2)13-21-19(23)26/h7-10,13H,3-6,11-12H2,1-2H3,(H,21,26)(H,22,24). The van der Waals surface area contributed by atoms with Gasteiger partial charge in [-0.1, -0.05) is 19.3 Å². The van der Waals surface area contributed by atoms with Crippen LogP contribution < -0.4 is 11.0 Å². The molecule has 0 bridgehead atoms. The zero-order valence-corrected chi connectivity index (χ0v) is 15.7. The number of amides is 1. The summed E-state index contributed by atoms with van der Waals surface area (Å²) in [6, 6.07) is 6.75. The molecule has 0 spiro atoms. The highest BCUT2D eigenvalue weighted by molar-refractivity contribution is 5.98. The Balaban J connectivity index is 1.80. The van der Waals surface area contributed by atoms with Crippen LogP contribution in [0.1, 0.15) is 55.1 Å². The third-order valence-corrected chi connectivity index (χ3v) is 5.07. The number of imidazole rings is 1. The Hall–Kier alpha value is -2.83. The van der Waals surface area contributed by atoms with E-state index in [1.54, 1.807) is 37.4 Å². The molecule has 2 N–H and O–H groups in total. The number of nitrogens with one attached hydrogen (secondary N) is 2. The molecule has 7 nitrogen and oxygen atoms in total. The van der Waals surface area contributed by atoms with Gasteiger partial charge >= 0.3 is 11.7 Å². The largest absolute Gasteiger partial charge is 0.464 e. The first kappa shape index (κ1) is 18.9. The average molecular weight is 371 g/mol. The number of ether oxygens (including phenoxy) is 1. The molecule has 3 rings (SSSR count). The number of carbonyl (C=O) groups excluding carboxylic acids is 2. The first-order valence-electron chi connectivity index (χ1n) is 9.34. The van der Waals surface area contributed by atoms with Crippen molar-refractivity contribution in [1.29, 1.82) is 0 Å². The van der Waals surface area contributed by atoms with Gasteiger partial charge in [0.25, 0.3) is 5.91 Å². The van der Waals surface area contributed by atoms with Gasteiger partial charge in [-0.3, -0.25) is 9.36 Å². The van der Waals surface area contributed by atoms with Crippen LogP contribution in [0.5, 0.6) is 0 Å². The van der Waals surface area contributed by atoms with Crippen molar-refractivity contribution in [1.82, 2.24) is 14.9 Å². The van der Waals surface area contributed by atoms with Crippen LogP contribution in [0, 0.1) is 6.92 Å². The SMILES string of the molecule is CCOC(=O)C1(NC(=O)c2ccc(-n3c(C)c[nH]c3=O)cc2)CCCCC1. The highest BCUT2D eigenvalue weighted by atomic mass is 16.5. The van der Waals surface area contributed by atoms with E-state index in [0.717, 1.165) is 25.0 Å². The van der Waals surface area contributed by atoms with Crippen molar-refractivity contribution >= 4 is 11.9 Å². The molecule has 0 radical (unpaired) electrons. The predicted molar refractivity (Wildman–Crippen MR) is 101 cm³/mol. The van der Waals surface area contributed by atoms with Gasteiger partial charge in [-0.05, 0) is 51.0 Å². The molecule has 27 heavy (non-hydrogen) atoms. The number of aromatic amines is 1. The number of rotatable bonds is 5. The van der Waals surface area contributed by atoms with E-state index < -0.39 is 5.54 Å². The number of hydrogen-bond donors (Lipinski definition) is 2. The molecule has 1 aromatic heterocycles. The molecule has 1 amide bonds. The number of aryl methyl sites for hydroxylation is 1. The van der Waals surface area contributed by atoms with Gasteiger partial charge in [-0.25, -0.2) is 9.59 Å². The lowest BCUT2D eigenvalue weighted by Gasteiger charge is -2.35. The maximum atomic E-state index is 12.8. The molecule has 7 heteroatoms. The van der Waals surface area contributed by atoms with Gasteiger partial charge in [0.15, 0.2) is 0 Å². The Morgan fingerprint density at radius 3 is 2.41 bits per heavy atom. The second-order valence-corrected chi connectivity index (χ2v) is 6.93. The number of carbonyl (C=O) groups is 2. The highest BCUT2D eigenvalue weighted by Gasteiger charge is 2.42. The van der Waals surface area contributed by atoms with Crippen molar-refractivity contribution in [2.45, 2.75) is 51.5 Å². The van der Waals surface area contributed by atoms with Crippen molar-refractivity contribution in [2.75, 3.05) is 6.61 Å². The second kappa shape index (κ2) is 7.82. The maximum absolute atomic E-state index is 12.8. The normalized spacial score (nSPS) is 15.9. The van der Waals surface area contributed by atoms with Gasteiger partial charge in [0.05, 0.1) is 12.3 Å². The van der Waals surface area contributed by atoms with E-state index >= 15 is 0 Å². The summed E-state index contributed by atoms with van der Waals surface area (Å²) >= 11 is 0. The molecule has 0 unspecified atom stereocenters. The molecule has 2 aromatic rings. The van der Waals surface area contributed by atoms with Crippen LogP contribution in [-0.4, -0.2) is 33.6 Å². The van der Waals surface area contributed by atoms with E-state index in [1.165, 1.54) is 4.57 Å². The van der Waals surface area contributed by atoms with Crippen LogP contribution in [0.25, 0.3) is 5.69 Å². The fourth-order valence-electron chi connectivity index (χ4n) is 3.63. The Labute approximate surface area is 157 Å². The van der Waals surface area contributed by atoms with Gasteiger partial charge in [0.2, 0.25) is 0 Å². The Morgan fingerprint density at radius 2 is 1.85 bits per heavy atom. The molecular weight excluding hydrogens is 346 g/mol. The summed E-state index contributed by atoms with van der Waals surface area (Å²) in [7, 11) is 0. The first-order valence-corrected chi connectivity index (χ1v) is 9.34. The van der Waals surface area contributed by atoms with Crippen LogP contribution in [-0.2, 0) is 9.53 Å². The molecule has 0 aliphatic heterocycles. The summed E-state index contributed by atoms with van der Waals surface area (Å²) < 4.78 is 6.75. The van der Waals surface area contributed by atoms with Gasteiger partial charge in [-0.15, -0.1) is 0 Å². The minimum absolute atomic E-state index is 0.229. The average Bonchev–Trinajstić information content (AvgIpc) is 3.01. The summed E-state index contributed by atoms with van der Waals surface area (Å²) in [4.78, 5) is 39.8. The van der Waals surface area contributed by atoms with E-state index in [2.05, 4.69) is 10.3 Å². The number of benzene rings is 1. The molecule has 144 valence electrons. The highest BCUT2D eigenvalue weighted by Crippen LogP contribution is 2.30. The lowest BCUT2D eigenvalue weighted by molar-refractivity contribution is -0.152. The van der Waals surface area contributed by atoms with Gasteiger partial charge in [0, 0.05) is 17.5 Å². The van der Waals surface area contributed by atoms with Crippen LogP contribution in [0.15, 0.2) is 35.3 Å². The van der Waals surface area contributed by atoms with Gasteiger partial charge in [-0.2, -0.15) is 0 Å². The van der Waals surface area contributed by atoms with E-state index in [4.69, 9.17) is 4.74 Å². The number of H-pyrrole nitrogens is 1. The minimum atomic E-state index is -0.946. The molecule has 1 heterocycles. The van der Waals surface area contributed by atoms with Crippen molar-refractivity contribution in [3.63, 3.8) is 0 Å². The molecular formula is C20H25N3O4. The fraction of sp³-hybridized carbons (Fsp3) is 0.450. The monoisotopic (exact) mass is 371 g/mol. The smallest absolute Gasteiger partial charge is 0.331 e. The van der Waals surface area contributed by atoms with E-state index in [0.29, 0.717) is 24.1 Å². The van der Waals surface area contributed by atoms with E-state index in [9.17, 15) is 14.4 Å². The third-order valence-electron chi connectivity index (χ3n) is 5.07. The maximum Gasteiger partial charge on any atom is 0.331 e. The van der Waals surface area contributed by atoms with Crippen molar-refractivity contribution < 1.29 is 14.3 Å². The van der Waals surface area contributed by atoms with E-state index in [-0.39, 0.29) is 24.2 Å². The minimum Gasteiger partial charge on any atom is -0.464 e. The lowest BCUT2D eigenvalue weighted by atomic mass is 9.81. The van der Waals surface area contributed by atoms with E-state index in [1.807, 2.05) is 6.92 Å². The Kier molecular flexibility index (Phi) is 5.48.